The summed E-state index contributed by atoms with van der Waals surface area (Å²) >= 11 is 6.15. The molecule has 0 spiro atoms. The molecule has 0 amide bonds. The summed E-state index contributed by atoms with van der Waals surface area (Å²) < 4.78 is 42.6. The van der Waals surface area contributed by atoms with Crippen LogP contribution in [-0.2, 0) is 21.3 Å². The molecule has 0 atom stereocenters. The number of sulfonamides is 1. The SMILES string of the molecule is CCN(Cc1ccc2c(c1)OCO2)S(=O)(=O)c1ccc(C(=O)OC)cc1Cl. The first-order chi connectivity index (χ1) is 12.9. The highest BCUT2D eigenvalue weighted by Crippen LogP contribution is 2.33. The Bertz CT molecular complexity index is 976. The number of methoxy groups -OCH3 is 1. The number of benzene rings is 2. The third-order valence-corrected chi connectivity index (χ3v) is 6.52. The summed E-state index contributed by atoms with van der Waals surface area (Å²) in [5.74, 6) is 0.626. The maximum atomic E-state index is 13.0. The second kappa shape index (κ2) is 7.75. The summed E-state index contributed by atoms with van der Waals surface area (Å²) in [4.78, 5) is 11.5. The fraction of sp³-hybridized carbons (Fsp3) is 0.278. The van der Waals surface area contributed by atoms with E-state index < -0.39 is 16.0 Å². The van der Waals surface area contributed by atoms with Crippen LogP contribution in [0.5, 0.6) is 11.5 Å². The van der Waals surface area contributed by atoms with E-state index in [0.29, 0.717) is 11.5 Å². The molecule has 0 aromatic heterocycles. The van der Waals surface area contributed by atoms with Gasteiger partial charge >= 0.3 is 5.97 Å². The predicted octanol–water partition coefficient (Wildman–Crippen LogP) is 3.07. The number of esters is 1. The molecule has 0 saturated heterocycles. The van der Waals surface area contributed by atoms with Crippen LogP contribution >= 0.6 is 11.6 Å². The quantitative estimate of drug-likeness (QED) is 0.679. The maximum absolute atomic E-state index is 13.0. The van der Waals surface area contributed by atoms with Gasteiger partial charge in [-0.2, -0.15) is 4.31 Å². The first kappa shape index (κ1) is 19.5. The Labute approximate surface area is 162 Å². The van der Waals surface area contributed by atoms with E-state index in [2.05, 4.69) is 4.74 Å². The van der Waals surface area contributed by atoms with Gasteiger partial charge in [0.1, 0.15) is 4.90 Å². The van der Waals surface area contributed by atoms with Crippen molar-refractivity contribution >= 4 is 27.6 Å². The van der Waals surface area contributed by atoms with Crippen LogP contribution in [0.2, 0.25) is 5.02 Å². The van der Waals surface area contributed by atoms with E-state index >= 15 is 0 Å². The van der Waals surface area contributed by atoms with Gasteiger partial charge in [0.15, 0.2) is 11.5 Å². The monoisotopic (exact) mass is 411 g/mol. The highest BCUT2D eigenvalue weighted by atomic mass is 35.5. The number of ether oxygens (including phenoxy) is 3. The molecule has 1 aliphatic rings. The standard InChI is InChI=1S/C18H18ClNO6S/c1-3-20(10-12-4-6-15-16(8-12)26-11-25-15)27(22,23)17-7-5-13(9-14(17)19)18(21)24-2/h4-9H,3,10-11H2,1-2H3. The molecule has 3 rings (SSSR count). The molecule has 7 nitrogen and oxygen atoms in total. The second-order valence-corrected chi connectivity index (χ2v) is 8.07. The van der Waals surface area contributed by atoms with Crippen molar-refractivity contribution in [1.82, 2.24) is 4.31 Å². The predicted molar refractivity (Wildman–Crippen MR) is 98.6 cm³/mol. The van der Waals surface area contributed by atoms with E-state index in [1.807, 2.05) is 0 Å². The molecular formula is C18H18ClNO6S. The molecule has 0 radical (unpaired) electrons. The number of rotatable bonds is 6. The molecule has 27 heavy (non-hydrogen) atoms. The minimum Gasteiger partial charge on any atom is -0.465 e. The fourth-order valence-electron chi connectivity index (χ4n) is 2.70. The average molecular weight is 412 g/mol. The molecule has 0 aliphatic carbocycles. The molecule has 0 unspecified atom stereocenters. The molecule has 0 bridgehead atoms. The average Bonchev–Trinajstić information content (AvgIpc) is 3.12. The minimum absolute atomic E-state index is 0.0398. The minimum atomic E-state index is -3.87. The summed E-state index contributed by atoms with van der Waals surface area (Å²) in [5.41, 5.74) is 0.937. The van der Waals surface area contributed by atoms with Crippen LogP contribution in [0.25, 0.3) is 0 Å². The summed E-state index contributed by atoms with van der Waals surface area (Å²) in [7, 11) is -2.62. The maximum Gasteiger partial charge on any atom is 0.337 e. The highest BCUT2D eigenvalue weighted by molar-refractivity contribution is 7.89. The number of carbonyl (C=O) groups excluding carboxylic acids is 1. The van der Waals surface area contributed by atoms with Crippen molar-refractivity contribution in [2.24, 2.45) is 0 Å². The van der Waals surface area contributed by atoms with E-state index in [1.54, 1.807) is 25.1 Å². The largest absolute Gasteiger partial charge is 0.465 e. The van der Waals surface area contributed by atoms with Gasteiger partial charge in [-0.05, 0) is 35.9 Å². The molecule has 0 saturated carbocycles. The Morgan fingerprint density at radius 3 is 2.59 bits per heavy atom. The van der Waals surface area contributed by atoms with E-state index in [0.717, 1.165) is 5.56 Å². The Morgan fingerprint density at radius 2 is 1.93 bits per heavy atom. The molecule has 1 heterocycles. The van der Waals surface area contributed by atoms with Gasteiger partial charge in [0.2, 0.25) is 16.8 Å². The normalized spacial score (nSPS) is 13.0. The molecule has 9 heteroatoms. The van der Waals surface area contributed by atoms with Crippen molar-refractivity contribution in [2.75, 3.05) is 20.4 Å². The van der Waals surface area contributed by atoms with Crippen molar-refractivity contribution in [2.45, 2.75) is 18.4 Å². The molecule has 2 aromatic rings. The molecule has 144 valence electrons. The first-order valence-corrected chi connectivity index (χ1v) is 9.95. The molecule has 2 aromatic carbocycles. The van der Waals surface area contributed by atoms with Crippen LogP contribution in [0.15, 0.2) is 41.3 Å². The highest BCUT2D eigenvalue weighted by Gasteiger charge is 2.27. The van der Waals surface area contributed by atoms with Crippen LogP contribution < -0.4 is 9.47 Å². The van der Waals surface area contributed by atoms with Crippen LogP contribution in [0, 0.1) is 0 Å². The zero-order valence-corrected chi connectivity index (χ0v) is 16.3. The number of halogens is 1. The zero-order valence-electron chi connectivity index (χ0n) is 14.8. The number of fused-ring (bicyclic) bond motifs is 1. The molecular weight excluding hydrogens is 394 g/mol. The van der Waals surface area contributed by atoms with Gasteiger partial charge in [-0.15, -0.1) is 0 Å². The smallest absolute Gasteiger partial charge is 0.337 e. The number of hydrogen-bond acceptors (Lipinski definition) is 6. The van der Waals surface area contributed by atoms with Crippen LogP contribution in [0.3, 0.4) is 0 Å². The zero-order chi connectivity index (χ0) is 19.6. The summed E-state index contributed by atoms with van der Waals surface area (Å²) in [5, 5.41) is -0.0398. The van der Waals surface area contributed by atoms with Crippen LogP contribution in [0.4, 0.5) is 0 Å². The van der Waals surface area contributed by atoms with Gasteiger partial charge in [-0.25, -0.2) is 13.2 Å². The third-order valence-electron chi connectivity index (χ3n) is 4.12. The van der Waals surface area contributed by atoms with Crippen molar-refractivity contribution in [1.29, 1.82) is 0 Å². The summed E-state index contributed by atoms with van der Waals surface area (Å²) in [6.07, 6.45) is 0. The van der Waals surface area contributed by atoms with Gasteiger partial charge < -0.3 is 14.2 Å². The molecule has 0 N–H and O–H groups in total. The van der Waals surface area contributed by atoms with Crippen molar-refractivity contribution in [3.63, 3.8) is 0 Å². The van der Waals surface area contributed by atoms with Crippen molar-refractivity contribution in [3.8, 4) is 11.5 Å². The third kappa shape index (κ3) is 3.87. The Kier molecular flexibility index (Phi) is 5.59. The fourth-order valence-corrected chi connectivity index (χ4v) is 4.66. The number of nitrogens with zero attached hydrogens (tertiary/aromatic N) is 1. The molecule has 0 fully saturated rings. The lowest BCUT2D eigenvalue weighted by molar-refractivity contribution is 0.0600. The van der Waals surface area contributed by atoms with E-state index in [9.17, 15) is 13.2 Å². The molecule has 1 aliphatic heterocycles. The van der Waals surface area contributed by atoms with Crippen molar-refractivity contribution < 1.29 is 27.4 Å². The number of carbonyl (C=O) groups is 1. The van der Waals surface area contributed by atoms with Gasteiger partial charge in [0.25, 0.3) is 0 Å². The lowest BCUT2D eigenvalue weighted by atomic mass is 10.2. The second-order valence-electron chi connectivity index (χ2n) is 5.76. The van der Waals surface area contributed by atoms with Gasteiger partial charge in [-0.3, -0.25) is 0 Å². The van der Waals surface area contributed by atoms with Gasteiger partial charge in [0.05, 0.1) is 17.7 Å². The topological polar surface area (TPSA) is 82.1 Å². The summed E-state index contributed by atoms with van der Waals surface area (Å²) in [6.45, 7) is 2.27. The number of hydrogen-bond donors (Lipinski definition) is 0. The lowest BCUT2D eigenvalue weighted by Crippen LogP contribution is -2.30. The summed E-state index contributed by atoms with van der Waals surface area (Å²) in [6, 6.07) is 9.26. The Morgan fingerprint density at radius 1 is 1.19 bits per heavy atom. The van der Waals surface area contributed by atoms with Gasteiger partial charge in [-0.1, -0.05) is 24.6 Å². The van der Waals surface area contributed by atoms with Gasteiger partial charge in [0, 0.05) is 13.1 Å². The lowest BCUT2D eigenvalue weighted by Gasteiger charge is -2.21. The van der Waals surface area contributed by atoms with Crippen LogP contribution in [0.1, 0.15) is 22.8 Å². The van der Waals surface area contributed by atoms with E-state index in [-0.39, 0.29) is 35.4 Å². The Balaban J connectivity index is 1.89. The Hall–Kier alpha value is -2.29. The first-order valence-electron chi connectivity index (χ1n) is 8.13. The van der Waals surface area contributed by atoms with Crippen molar-refractivity contribution in [3.05, 3.63) is 52.5 Å². The van der Waals surface area contributed by atoms with E-state index in [1.165, 1.54) is 29.6 Å². The van der Waals surface area contributed by atoms with E-state index in [4.69, 9.17) is 21.1 Å². The van der Waals surface area contributed by atoms with Crippen LogP contribution in [-0.4, -0.2) is 39.1 Å².